The van der Waals surface area contributed by atoms with E-state index >= 15 is 0 Å². The largest absolute Gasteiger partial charge is 0.484 e. The normalized spacial score (nSPS) is 13.8. The summed E-state index contributed by atoms with van der Waals surface area (Å²) in [4.78, 5) is 25.7. The van der Waals surface area contributed by atoms with E-state index in [9.17, 15) is 9.59 Å². The number of nitrogens with zero attached hydrogens (tertiary/aromatic N) is 2. The van der Waals surface area contributed by atoms with Crippen LogP contribution >= 0.6 is 27.5 Å². The van der Waals surface area contributed by atoms with Gasteiger partial charge in [0.25, 0.3) is 11.8 Å². The summed E-state index contributed by atoms with van der Waals surface area (Å²) < 4.78 is 16.9. The van der Waals surface area contributed by atoms with Crippen molar-refractivity contribution < 1.29 is 23.8 Å². The first-order valence-electron chi connectivity index (χ1n) is 9.49. The Morgan fingerprint density at radius 1 is 1.13 bits per heavy atom. The lowest BCUT2D eigenvalue weighted by Gasteiger charge is -2.26. The van der Waals surface area contributed by atoms with Crippen LogP contribution in [0.15, 0.2) is 52.0 Å². The van der Waals surface area contributed by atoms with Gasteiger partial charge in [-0.2, -0.15) is 5.10 Å². The molecule has 0 aliphatic carbocycles. The van der Waals surface area contributed by atoms with Crippen LogP contribution in [-0.2, 0) is 14.3 Å². The van der Waals surface area contributed by atoms with Crippen molar-refractivity contribution in [1.29, 1.82) is 0 Å². The molecule has 0 aromatic heterocycles. The summed E-state index contributed by atoms with van der Waals surface area (Å²) in [5.74, 6) is 0.602. The van der Waals surface area contributed by atoms with Crippen LogP contribution in [-0.4, -0.2) is 62.4 Å². The molecule has 2 amide bonds. The summed E-state index contributed by atoms with van der Waals surface area (Å²) in [5, 5.41) is 4.50. The highest BCUT2D eigenvalue weighted by molar-refractivity contribution is 9.10. The Hall–Kier alpha value is -2.62. The average molecular weight is 511 g/mol. The van der Waals surface area contributed by atoms with Gasteiger partial charge in [-0.3, -0.25) is 9.59 Å². The molecule has 1 aliphatic heterocycles. The van der Waals surface area contributed by atoms with Crippen molar-refractivity contribution in [3.8, 4) is 11.5 Å². The molecule has 0 unspecified atom stereocenters. The summed E-state index contributed by atoms with van der Waals surface area (Å²) in [5.41, 5.74) is 3.13. The molecule has 1 N–H and O–H groups in total. The molecule has 0 radical (unpaired) electrons. The molecule has 0 atom stereocenters. The first-order valence-corrected chi connectivity index (χ1v) is 10.7. The minimum absolute atomic E-state index is 0.0459. The number of morpholine rings is 1. The lowest BCUT2D eigenvalue weighted by molar-refractivity contribution is -0.137. The first-order chi connectivity index (χ1) is 15.0. The molecular weight excluding hydrogens is 490 g/mol. The number of carbonyl (C=O) groups is 2. The fraction of sp³-hybridized carbons (Fsp3) is 0.286. The number of benzene rings is 2. The van der Waals surface area contributed by atoms with E-state index in [4.69, 9.17) is 25.8 Å². The van der Waals surface area contributed by atoms with Crippen LogP contribution < -0.4 is 14.9 Å². The van der Waals surface area contributed by atoms with E-state index in [-0.39, 0.29) is 19.1 Å². The summed E-state index contributed by atoms with van der Waals surface area (Å²) in [6.45, 7) is 2.04. The van der Waals surface area contributed by atoms with Crippen molar-refractivity contribution in [3.63, 3.8) is 0 Å². The molecule has 164 valence electrons. The lowest BCUT2D eigenvalue weighted by atomic mass is 10.2. The van der Waals surface area contributed by atoms with Crippen molar-refractivity contribution >= 4 is 45.6 Å². The summed E-state index contributed by atoms with van der Waals surface area (Å²) in [6, 6.07) is 12.0. The molecule has 8 nitrogen and oxygen atoms in total. The van der Waals surface area contributed by atoms with E-state index in [1.54, 1.807) is 47.4 Å². The van der Waals surface area contributed by atoms with E-state index < -0.39 is 5.91 Å². The van der Waals surface area contributed by atoms with Gasteiger partial charge in [0.15, 0.2) is 13.2 Å². The predicted octanol–water partition coefficient (Wildman–Crippen LogP) is 2.87. The van der Waals surface area contributed by atoms with Crippen molar-refractivity contribution in [3.05, 3.63) is 57.5 Å². The summed E-state index contributed by atoms with van der Waals surface area (Å²) in [7, 11) is 0. The number of amides is 2. The molecule has 3 rings (SSSR count). The van der Waals surface area contributed by atoms with Crippen LogP contribution in [0.2, 0.25) is 5.02 Å². The molecule has 2 aromatic rings. The van der Waals surface area contributed by atoms with Crippen molar-refractivity contribution in [1.82, 2.24) is 10.3 Å². The Kier molecular flexibility index (Phi) is 8.69. The second kappa shape index (κ2) is 11.7. The number of carbonyl (C=O) groups excluding carboxylic acids is 2. The van der Waals surface area contributed by atoms with E-state index in [0.29, 0.717) is 47.3 Å². The third-order valence-electron chi connectivity index (χ3n) is 4.26. The Bertz CT molecular complexity index is 933. The molecule has 0 saturated carbocycles. The van der Waals surface area contributed by atoms with E-state index in [1.807, 2.05) is 0 Å². The topological polar surface area (TPSA) is 89.5 Å². The van der Waals surface area contributed by atoms with Gasteiger partial charge in [0.05, 0.1) is 23.9 Å². The highest BCUT2D eigenvalue weighted by Crippen LogP contribution is 2.25. The van der Waals surface area contributed by atoms with Crippen molar-refractivity contribution in [2.24, 2.45) is 5.10 Å². The maximum absolute atomic E-state index is 12.2. The smallest absolute Gasteiger partial charge is 0.277 e. The van der Waals surface area contributed by atoms with Crippen LogP contribution in [0.25, 0.3) is 0 Å². The third-order valence-corrected chi connectivity index (χ3v) is 5.13. The molecule has 1 saturated heterocycles. The molecule has 2 aromatic carbocycles. The molecule has 1 fully saturated rings. The number of rotatable bonds is 8. The van der Waals surface area contributed by atoms with Gasteiger partial charge in [-0.15, -0.1) is 0 Å². The third kappa shape index (κ3) is 7.54. The van der Waals surface area contributed by atoms with Gasteiger partial charge in [-0.1, -0.05) is 11.6 Å². The average Bonchev–Trinajstić information content (AvgIpc) is 2.78. The Balaban J connectivity index is 1.43. The quantitative estimate of drug-likeness (QED) is 0.436. The zero-order chi connectivity index (χ0) is 22.1. The molecular formula is C21H21BrClN3O5. The van der Waals surface area contributed by atoms with Gasteiger partial charge in [-0.05, 0) is 64.0 Å². The molecule has 1 heterocycles. The minimum Gasteiger partial charge on any atom is -0.484 e. The van der Waals surface area contributed by atoms with Crippen LogP contribution in [0.3, 0.4) is 0 Å². The predicted molar refractivity (Wildman–Crippen MR) is 120 cm³/mol. The highest BCUT2D eigenvalue weighted by Gasteiger charge is 2.17. The van der Waals surface area contributed by atoms with Crippen LogP contribution in [0.5, 0.6) is 11.5 Å². The maximum atomic E-state index is 12.2. The monoisotopic (exact) mass is 509 g/mol. The number of nitrogens with one attached hydrogen (secondary N) is 1. The number of ether oxygens (including phenoxy) is 3. The number of hydrogen-bond acceptors (Lipinski definition) is 6. The number of halogens is 2. The van der Waals surface area contributed by atoms with Gasteiger partial charge in [0.1, 0.15) is 11.5 Å². The number of hydrogen-bond donors (Lipinski definition) is 1. The van der Waals surface area contributed by atoms with E-state index in [1.165, 1.54) is 6.21 Å². The Labute approximate surface area is 193 Å². The number of hydrazone groups is 1. The lowest BCUT2D eigenvalue weighted by Crippen LogP contribution is -2.43. The fourth-order valence-corrected chi connectivity index (χ4v) is 3.29. The molecule has 0 bridgehead atoms. The van der Waals surface area contributed by atoms with Crippen LogP contribution in [0.4, 0.5) is 0 Å². The second-order valence-corrected chi connectivity index (χ2v) is 7.80. The zero-order valence-electron chi connectivity index (χ0n) is 16.6. The fourth-order valence-electron chi connectivity index (χ4n) is 2.65. The van der Waals surface area contributed by atoms with Gasteiger partial charge in [-0.25, -0.2) is 5.43 Å². The molecule has 31 heavy (non-hydrogen) atoms. The zero-order valence-corrected chi connectivity index (χ0v) is 18.9. The van der Waals surface area contributed by atoms with Crippen LogP contribution in [0.1, 0.15) is 5.56 Å². The van der Waals surface area contributed by atoms with Gasteiger partial charge in [0, 0.05) is 18.1 Å². The highest BCUT2D eigenvalue weighted by atomic mass is 79.9. The van der Waals surface area contributed by atoms with Gasteiger partial charge < -0.3 is 19.1 Å². The molecule has 0 spiro atoms. The standard InChI is InChI=1S/C21H21BrClN3O5/c22-18-11-15(1-6-19(18)31-14-21(28)26-7-9-29-10-8-26)12-24-25-20(27)13-30-17-4-2-16(23)3-5-17/h1-6,11-12H,7-10,13-14H2,(H,25,27)/b24-12-. The van der Waals surface area contributed by atoms with Crippen molar-refractivity contribution in [2.75, 3.05) is 39.5 Å². The van der Waals surface area contributed by atoms with Crippen molar-refractivity contribution in [2.45, 2.75) is 0 Å². The van der Waals surface area contributed by atoms with Crippen LogP contribution in [0, 0.1) is 0 Å². The molecule has 1 aliphatic rings. The molecule has 10 heteroatoms. The Morgan fingerprint density at radius 2 is 1.87 bits per heavy atom. The summed E-state index contributed by atoms with van der Waals surface area (Å²) in [6.07, 6.45) is 1.49. The SMILES string of the molecule is O=C(COc1ccc(Cl)cc1)N/N=C\c1ccc(OCC(=O)N2CCOCC2)c(Br)c1. The second-order valence-electron chi connectivity index (χ2n) is 6.51. The van der Waals surface area contributed by atoms with Gasteiger partial charge in [0.2, 0.25) is 0 Å². The van der Waals surface area contributed by atoms with E-state index in [2.05, 4.69) is 26.5 Å². The van der Waals surface area contributed by atoms with E-state index in [0.717, 1.165) is 5.56 Å². The maximum Gasteiger partial charge on any atom is 0.277 e. The van der Waals surface area contributed by atoms with Gasteiger partial charge >= 0.3 is 0 Å². The Morgan fingerprint density at radius 3 is 2.58 bits per heavy atom. The first kappa shape index (κ1) is 23.1. The summed E-state index contributed by atoms with van der Waals surface area (Å²) >= 11 is 9.22. The minimum atomic E-state index is -0.396.